The quantitative estimate of drug-likeness (QED) is 0.602. The number of thioether (sulfide) groups is 1. The Morgan fingerprint density at radius 1 is 1.19 bits per heavy atom. The summed E-state index contributed by atoms with van der Waals surface area (Å²) in [7, 11) is -3.71. The zero-order chi connectivity index (χ0) is 22.7. The van der Waals surface area contributed by atoms with Crippen molar-refractivity contribution in [1.82, 2.24) is 9.62 Å². The fourth-order valence-electron chi connectivity index (χ4n) is 3.92. The third-order valence-electron chi connectivity index (χ3n) is 5.76. The van der Waals surface area contributed by atoms with Crippen LogP contribution in [0.4, 0.5) is 5.69 Å². The van der Waals surface area contributed by atoms with Crippen molar-refractivity contribution in [2.24, 2.45) is 0 Å². The van der Waals surface area contributed by atoms with Crippen LogP contribution in [0.15, 0.2) is 39.4 Å². The molecule has 0 spiro atoms. The van der Waals surface area contributed by atoms with E-state index in [4.69, 9.17) is 0 Å². The summed E-state index contributed by atoms with van der Waals surface area (Å²) < 4.78 is 28.1. The molecule has 2 aliphatic rings. The number of aryl methyl sites for hydroxylation is 1. The van der Waals surface area contributed by atoms with Gasteiger partial charge in [-0.2, -0.15) is 0 Å². The number of rotatable bonds is 6. The lowest BCUT2D eigenvalue weighted by atomic mass is 10.2. The summed E-state index contributed by atoms with van der Waals surface area (Å²) in [5.74, 6) is -0.560. The van der Waals surface area contributed by atoms with Crippen LogP contribution in [0.25, 0.3) is 0 Å². The summed E-state index contributed by atoms with van der Waals surface area (Å²) in [4.78, 5) is 29.3. The van der Waals surface area contributed by atoms with Crippen LogP contribution in [0.1, 0.15) is 36.1 Å². The van der Waals surface area contributed by atoms with E-state index in [1.165, 1.54) is 23.9 Å². The number of carbonyl (C=O) groups excluding carboxylic acids is 2. The lowest BCUT2D eigenvalue weighted by Gasteiger charge is -2.28. The maximum atomic E-state index is 12.9. The number of hydrogen-bond donors (Lipinski definition) is 2. The summed E-state index contributed by atoms with van der Waals surface area (Å²) in [6.07, 6.45) is 4.76. The zero-order valence-electron chi connectivity index (χ0n) is 17.9. The van der Waals surface area contributed by atoms with Gasteiger partial charge in [-0.05, 0) is 61.4 Å². The Labute approximate surface area is 197 Å². The zero-order valence-corrected chi connectivity index (χ0v) is 20.4. The highest BCUT2D eigenvalue weighted by atomic mass is 32.2. The van der Waals surface area contributed by atoms with E-state index in [9.17, 15) is 18.0 Å². The van der Waals surface area contributed by atoms with Crippen molar-refractivity contribution in [3.8, 4) is 0 Å². The fraction of sp³-hybridized carbons (Fsp3) is 0.455. The van der Waals surface area contributed by atoms with Gasteiger partial charge in [-0.25, -0.2) is 13.1 Å². The molecular formula is C22H27N3O4S3. The van der Waals surface area contributed by atoms with E-state index >= 15 is 0 Å². The van der Waals surface area contributed by atoms with Gasteiger partial charge in [-0.3, -0.25) is 9.59 Å². The predicted octanol–water partition coefficient (Wildman–Crippen LogP) is 3.39. The van der Waals surface area contributed by atoms with E-state index in [2.05, 4.69) is 10.0 Å². The number of fused-ring (bicyclic) bond motifs is 1. The first-order valence-corrected chi connectivity index (χ1v) is 14.0. The highest BCUT2D eigenvalue weighted by molar-refractivity contribution is 8.01. The van der Waals surface area contributed by atoms with Crippen molar-refractivity contribution in [3.63, 3.8) is 0 Å². The van der Waals surface area contributed by atoms with Crippen LogP contribution in [-0.4, -0.2) is 50.0 Å². The maximum absolute atomic E-state index is 12.9. The molecule has 4 rings (SSSR count). The van der Waals surface area contributed by atoms with E-state index in [0.29, 0.717) is 36.6 Å². The van der Waals surface area contributed by atoms with E-state index in [0.717, 1.165) is 36.1 Å². The third kappa shape index (κ3) is 5.19. The number of thiophene rings is 1. The minimum absolute atomic E-state index is 0.0948. The van der Waals surface area contributed by atoms with Crippen molar-refractivity contribution in [2.45, 2.75) is 54.1 Å². The molecule has 7 nitrogen and oxygen atoms in total. The second kappa shape index (κ2) is 9.94. The number of carbonyl (C=O) groups is 2. The van der Waals surface area contributed by atoms with E-state index in [1.54, 1.807) is 22.3 Å². The topological polar surface area (TPSA) is 95.6 Å². The van der Waals surface area contributed by atoms with E-state index < -0.39 is 21.2 Å². The van der Waals surface area contributed by atoms with Crippen molar-refractivity contribution in [1.29, 1.82) is 0 Å². The largest absolute Gasteiger partial charge is 0.341 e. The maximum Gasteiger partial charge on any atom is 0.247 e. The minimum atomic E-state index is -3.71. The van der Waals surface area contributed by atoms with Gasteiger partial charge in [0.05, 0.1) is 10.6 Å². The Morgan fingerprint density at radius 3 is 2.62 bits per heavy atom. The number of hydrogen-bond acceptors (Lipinski definition) is 6. The molecule has 2 aromatic rings. The third-order valence-corrected chi connectivity index (χ3v) is 9.56. The smallest absolute Gasteiger partial charge is 0.247 e. The van der Waals surface area contributed by atoms with Gasteiger partial charge in [0.1, 0.15) is 0 Å². The lowest BCUT2D eigenvalue weighted by molar-refractivity contribution is -0.133. The van der Waals surface area contributed by atoms with Gasteiger partial charge in [-0.15, -0.1) is 23.1 Å². The minimum Gasteiger partial charge on any atom is -0.341 e. The average Bonchev–Trinajstić information content (AvgIpc) is 3.00. The molecule has 2 amide bonds. The molecule has 172 valence electrons. The molecule has 32 heavy (non-hydrogen) atoms. The average molecular weight is 494 g/mol. The van der Waals surface area contributed by atoms with Gasteiger partial charge in [0.25, 0.3) is 0 Å². The molecule has 1 saturated heterocycles. The Bertz CT molecular complexity index is 1110. The molecule has 1 fully saturated rings. The van der Waals surface area contributed by atoms with Crippen LogP contribution < -0.4 is 10.0 Å². The molecule has 10 heteroatoms. The van der Waals surface area contributed by atoms with Gasteiger partial charge in [0.15, 0.2) is 5.25 Å². The Morgan fingerprint density at radius 2 is 1.94 bits per heavy atom. The van der Waals surface area contributed by atoms with Crippen molar-refractivity contribution >= 4 is 50.6 Å². The Balaban J connectivity index is 1.43. The number of nitrogens with one attached hydrogen (secondary N) is 2. The van der Waals surface area contributed by atoms with Crippen LogP contribution in [0.2, 0.25) is 0 Å². The molecule has 0 bridgehead atoms. The highest BCUT2D eigenvalue weighted by Gasteiger charge is 2.36. The van der Waals surface area contributed by atoms with Crippen molar-refractivity contribution < 1.29 is 18.0 Å². The second-order valence-electron chi connectivity index (χ2n) is 8.06. The molecule has 1 atom stereocenters. The normalized spacial score (nSPS) is 19.2. The second-order valence-corrected chi connectivity index (χ2v) is 12.0. The number of likely N-dealkylation sites (tertiary alicyclic amines) is 1. The SMILES string of the molecule is Cc1ccsc1CCNS(=O)(=O)c1ccc2c(c1)NC(=O)[C@@H](C(=O)N1CCCCCC1)S2. The van der Waals surface area contributed by atoms with Gasteiger partial charge in [0.2, 0.25) is 21.8 Å². The van der Waals surface area contributed by atoms with Crippen molar-refractivity contribution in [3.05, 3.63) is 40.1 Å². The molecule has 2 aliphatic heterocycles. The monoisotopic (exact) mass is 493 g/mol. The number of amides is 2. The molecule has 1 aromatic heterocycles. The molecule has 3 heterocycles. The molecule has 0 radical (unpaired) electrons. The summed E-state index contributed by atoms with van der Waals surface area (Å²) in [5, 5.41) is 3.90. The standard InChI is InChI=1S/C22H27N3O4S3/c1-15-9-13-30-18(15)8-10-23-32(28,29)16-6-7-19-17(14-16)24-21(26)20(31-19)22(27)25-11-4-2-3-5-12-25/h6-7,9,13-14,20,23H,2-5,8,10-12H2,1H3,(H,24,26)/t20-/m0/s1. The van der Waals surface area contributed by atoms with Gasteiger partial charge < -0.3 is 10.2 Å². The number of benzene rings is 1. The number of anilines is 1. The first-order chi connectivity index (χ1) is 15.3. The van der Waals surface area contributed by atoms with Gasteiger partial charge in [-0.1, -0.05) is 12.8 Å². The molecule has 1 aromatic carbocycles. The van der Waals surface area contributed by atoms with Gasteiger partial charge >= 0.3 is 0 Å². The molecular weight excluding hydrogens is 466 g/mol. The van der Waals surface area contributed by atoms with E-state index in [-0.39, 0.29) is 10.8 Å². The first-order valence-electron chi connectivity index (χ1n) is 10.8. The van der Waals surface area contributed by atoms with Crippen LogP contribution in [0, 0.1) is 6.92 Å². The number of nitrogens with zero attached hydrogens (tertiary/aromatic N) is 1. The summed E-state index contributed by atoms with van der Waals surface area (Å²) >= 11 is 2.81. The van der Waals surface area contributed by atoms with Crippen LogP contribution >= 0.6 is 23.1 Å². The van der Waals surface area contributed by atoms with Crippen molar-refractivity contribution in [2.75, 3.05) is 25.0 Å². The van der Waals surface area contributed by atoms with Crippen LogP contribution in [0.3, 0.4) is 0 Å². The Kier molecular flexibility index (Phi) is 7.24. The predicted molar refractivity (Wildman–Crippen MR) is 128 cm³/mol. The summed E-state index contributed by atoms with van der Waals surface area (Å²) in [6, 6.07) is 6.67. The highest BCUT2D eigenvalue weighted by Crippen LogP contribution is 2.38. The molecule has 0 saturated carbocycles. The first kappa shape index (κ1) is 23.3. The summed E-state index contributed by atoms with van der Waals surface area (Å²) in [6.45, 7) is 3.68. The summed E-state index contributed by atoms with van der Waals surface area (Å²) in [5.41, 5.74) is 1.59. The fourth-order valence-corrected chi connectivity index (χ4v) is 6.94. The molecule has 0 unspecified atom stereocenters. The Hall–Kier alpha value is -1.88. The van der Waals surface area contributed by atoms with E-state index in [1.807, 2.05) is 18.4 Å². The van der Waals surface area contributed by atoms with Gasteiger partial charge in [0, 0.05) is 29.4 Å². The lowest BCUT2D eigenvalue weighted by Crippen LogP contribution is -2.45. The van der Waals surface area contributed by atoms with Crippen LogP contribution in [-0.2, 0) is 26.0 Å². The van der Waals surface area contributed by atoms with Crippen LogP contribution in [0.5, 0.6) is 0 Å². The molecule has 2 N–H and O–H groups in total. The number of sulfonamides is 1. The molecule has 0 aliphatic carbocycles.